The molecular formula is C61H68ClN7O9. The van der Waals surface area contributed by atoms with Crippen LogP contribution in [0.4, 0.5) is 26.7 Å². The Bertz CT molecular complexity index is 3290. The van der Waals surface area contributed by atoms with Crippen molar-refractivity contribution in [2.24, 2.45) is 11.8 Å². The first kappa shape index (κ1) is 57.7. The number of ether oxygens (including phenoxy) is 4. The molecule has 2 unspecified atom stereocenters. The van der Waals surface area contributed by atoms with Gasteiger partial charge >= 0.3 is 11.5 Å². The van der Waals surface area contributed by atoms with Crippen molar-refractivity contribution in [2.75, 3.05) is 24.3 Å². The number of fused-ring (bicyclic) bond motifs is 2. The number of aliphatic hydroxyl groups excluding tert-OH is 1. The summed E-state index contributed by atoms with van der Waals surface area (Å²) in [5, 5.41) is 43.6. The van der Waals surface area contributed by atoms with Gasteiger partial charge < -0.3 is 38.9 Å². The van der Waals surface area contributed by atoms with Crippen LogP contribution < -0.4 is 25.3 Å². The lowest BCUT2D eigenvalue weighted by atomic mass is 9.92. The van der Waals surface area contributed by atoms with Crippen molar-refractivity contribution >= 4 is 62.0 Å². The van der Waals surface area contributed by atoms with Gasteiger partial charge in [0.05, 0.1) is 57.8 Å². The Balaban J connectivity index is 0.000000172. The normalized spacial score (nSPS) is 15.2. The number of nitrogens with zero attached hydrogens (tertiary/aromatic N) is 5. The maximum atomic E-state index is 12.2. The smallest absolute Gasteiger partial charge is 0.411 e. The molecule has 4 aliphatic rings. The van der Waals surface area contributed by atoms with Gasteiger partial charge in [-0.2, -0.15) is 10.5 Å². The predicted molar refractivity (Wildman–Crippen MR) is 305 cm³/mol. The number of rotatable bonds is 14. The van der Waals surface area contributed by atoms with E-state index in [1.807, 2.05) is 100 Å². The van der Waals surface area contributed by atoms with Crippen LogP contribution in [0.5, 0.6) is 17.2 Å². The van der Waals surface area contributed by atoms with Crippen LogP contribution in [-0.4, -0.2) is 56.1 Å². The number of nitrogens with one attached hydrogen (secondary N) is 1. The third-order valence-electron chi connectivity index (χ3n) is 14.4. The van der Waals surface area contributed by atoms with Crippen molar-refractivity contribution in [2.45, 2.75) is 124 Å². The van der Waals surface area contributed by atoms with Crippen LogP contribution in [0.1, 0.15) is 123 Å². The van der Waals surface area contributed by atoms with Crippen LogP contribution in [0.2, 0.25) is 0 Å². The van der Waals surface area contributed by atoms with E-state index in [1.54, 1.807) is 0 Å². The lowest BCUT2D eigenvalue weighted by Crippen LogP contribution is -2.21. The molecule has 408 valence electrons. The summed E-state index contributed by atoms with van der Waals surface area (Å²) < 4.78 is 26.0. The highest BCUT2D eigenvalue weighted by Crippen LogP contribution is 2.45. The van der Waals surface area contributed by atoms with Gasteiger partial charge in [0.15, 0.2) is 0 Å². The Morgan fingerprint density at radius 1 is 0.718 bits per heavy atom. The number of nitro groups is 1. The van der Waals surface area contributed by atoms with Crippen molar-refractivity contribution < 1.29 is 38.6 Å². The highest BCUT2D eigenvalue weighted by Gasteiger charge is 2.32. The van der Waals surface area contributed by atoms with Crippen molar-refractivity contribution in [1.82, 2.24) is 9.13 Å². The minimum absolute atomic E-state index is 0. The monoisotopic (exact) mass is 1080 g/mol. The molecule has 5 aromatic carbocycles. The molecule has 2 atom stereocenters. The molecule has 2 heterocycles. The topological polar surface area (TPSA) is 230 Å². The number of hydrogen-bond acceptors (Lipinski definition) is 12. The SMILES string of the molecule is C.CC(O)C1CC1.CCOc1ccc2c(C#N)c(-c3ccc(N)cc3)n(C3CCC3)c2c1.CCOc1ccc2c(C#N)c(-c3ccc(NC(=O)OC(C)C4CC4)cc3)n(C3CCC3)c2c1.O=C(Cl)Oc1ccc([N+](=O)[O-])cc1. The molecule has 0 bridgehead atoms. The molecule has 16 nitrogen and oxygen atoms in total. The standard InChI is InChI=1S/C27H29N3O3.C21H21N3O.C7H4ClNO4.C5H10O.CH4/c1-3-32-22-13-14-23-24(16-28)26(30(25(23)15-22)21-5-4-6-21)19-9-11-20(12-10-19)29-27(31)33-17(2)18-7-8-18;1-2-25-17-10-11-18-19(13-22)21(14-6-8-15(23)9-7-14)24(20(18)12-17)16-4-3-5-16;8-7(10)13-6-3-1-5(2-4-6)9(11)12;1-4(6)5-2-3-5;/h9-15,17-18,21H,3-8H2,1-2H3,(H,29,31);6-12,16H,2-5,23H2,1H3;1-4H;4-6H,2-3H2,1H3;1H4. The first-order valence-electron chi connectivity index (χ1n) is 26.4. The van der Waals surface area contributed by atoms with Gasteiger partial charge in [0.2, 0.25) is 0 Å². The maximum absolute atomic E-state index is 12.2. The summed E-state index contributed by atoms with van der Waals surface area (Å²) >= 11 is 4.92. The van der Waals surface area contributed by atoms with Crippen molar-refractivity contribution in [3.8, 4) is 51.9 Å². The number of anilines is 2. The number of non-ortho nitro benzene ring substituents is 1. The van der Waals surface area contributed by atoms with Crippen molar-refractivity contribution in [1.29, 1.82) is 10.5 Å². The summed E-state index contributed by atoms with van der Waals surface area (Å²) in [6.07, 6.45) is 11.2. The number of hydrogen-bond donors (Lipinski definition) is 3. The minimum Gasteiger partial charge on any atom is -0.494 e. The third-order valence-corrected chi connectivity index (χ3v) is 14.5. The summed E-state index contributed by atoms with van der Waals surface area (Å²) in [6.45, 7) is 8.99. The van der Waals surface area contributed by atoms with E-state index < -0.39 is 16.4 Å². The van der Waals surface area contributed by atoms with Crippen LogP contribution >= 0.6 is 11.6 Å². The van der Waals surface area contributed by atoms with Crippen molar-refractivity contribution in [3.05, 3.63) is 130 Å². The van der Waals surface area contributed by atoms with Gasteiger partial charge in [-0.05, 0) is 176 Å². The Morgan fingerprint density at radius 3 is 1.53 bits per heavy atom. The third kappa shape index (κ3) is 13.9. The highest BCUT2D eigenvalue weighted by atomic mass is 35.5. The number of amides is 1. The Hall–Kier alpha value is -8.05. The Labute approximate surface area is 460 Å². The van der Waals surface area contributed by atoms with Crippen molar-refractivity contribution in [3.63, 3.8) is 0 Å². The van der Waals surface area contributed by atoms with Crippen LogP contribution in [-0.2, 0) is 4.74 Å². The molecule has 0 radical (unpaired) electrons. The molecule has 4 N–H and O–H groups in total. The number of nitrogens with two attached hydrogens (primary N) is 1. The average molecular weight is 1080 g/mol. The van der Waals surface area contributed by atoms with Crippen LogP contribution in [0.15, 0.2) is 109 Å². The molecule has 4 fully saturated rings. The van der Waals surface area contributed by atoms with E-state index in [0.717, 1.165) is 106 Å². The average Bonchev–Trinajstić information content (AvgIpc) is 4.44. The fourth-order valence-electron chi connectivity index (χ4n) is 9.57. The molecule has 17 heteroatoms. The quantitative estimate of drug-likeness (QED) is 0.0400. The van der Waals surface area contributed by atoms with Gasteiger partial charge in [0.25, 0.3) is 5.69 Å². The van der Waals surface area contributed by atoms with E-state index in [0.29, 0.717) is 48.4 Å². The lowest BCUT2D eigenvalue weighted by Gasteiger charge is -2.30. The second-order valence-electron chi connectivity index (χ2n) is 19.7. The van der Waals surface area contributed by atoms with Crippen LogP contribution in [0, 0.1) is 44.6 Å². The zero-order chi connectivity index (χ0) is 54.8. The van der Waals surface area contributed by atoms with Gasteiger partial charge in [-0.3, -0.25) is 15.4 Å². The summed E-state index contributed by atoms with van der Waals surface area (Å²) in [6, 6.07) is 38.2. The van der Waals surface area contributed by atoms with E-state index in [-0.39, 0.29) is 31.1 Å². The highest BCUT2D eigenvalue weighted by molar-refractivity contribution is 6.61. The molecule has 78 heavy (non-hydrogen) atoms. The van der Waals surface area contributed by atoms with E-state index in [9.17, 15) is 30.2 Å². The molecule has 4 saturated carbocycles. The fourth-order valence-corrected chi connectivity index (χ4v) is 9.66. The maximum Gasteiger partial charge on any atom is 0.411 e. The first-order chi connectivity index (χ1) is 37.2. The second kappa shape index (κ2) is 26.3. The van der Waals surface area contributed by atoms with Gasteiger partial charge in [-0.15, -0.1) is 0 Å². The van der Waals surface area contributed by atoms with E-state index in [2.05, 4.69) is 43.5 Å². The van der Waals surface area contributed by atoms with E-state index >= 15 is 0 Å². The van der Waals surface area contributed by atoms with E-state index in [1.165, 1.54) is 49.9 Å². The number of carbonyl (C=O) groups is 2. The Morgan fingerprint density at radius 2 is 1.17 bits per heavy atom. The molecule has 0 saturated heterocycles. The number of aliphatic hydroxyl groups is 1. The number of halogens is 1. The number of benzene rings is 5. The summed E-state index contributed by atoms with van der Waals surface area (Å²) in [5.41, 5.74) is 13.7. The summed E-state index contributed by atoms with van der Waals surface area (Å²) in [5.74, 6) is 2.99. The van der Waals surface area contributed by atoms with Gasteiger partial charge in [-0.25, -0.2) is 9.59 Å². The van der Waals surface area contributed by atoms with E-state index in [4.69, 9.17) is 36.7 Å². The predicted octanol–water partition coefficient (Wildman–Crippen LogP) is 15.3. The number of aromatic nitrogens is 2. The Kier molecular flexibility index (Phi) is 19.5. The van der Waals surface area contributed by atoms with Crippen LogP contribution in [0.25, 0.3) is 44.3 Å². The summed E-state index contributed by atoms with van der Waals surface area (Å²) in [7, 11) is 0. The molecular weight excluding hydrogens is 1010 g/mol. The first-order valence-corrected chi connectivity index (χ1v) is 26.7. The minimum atomic E-state index is -0.978. The summed E-state index contributed by atoms with van der Waals surface area (Å²) in [4.78, 5) is 32.1. The lowest BCUT2D eigenvalue weighted by molar-refractivity contribution is -0.384. The zero-order valence-electron chi connectivity index (χ0n) is 43.7. The van der Waals surface area contributed by atoms with Crippen LogP contribution in [0.3, 0.4) is 0 Å². The second-order valence-corrected chi connectivity index (χ2v) is 20.1. The number of nitrogen functional groups attached to an aromatic ring is 1. The van der Waals surface area contributed by atoms with Gasteiger partial charge in [-0.1, -0.05) is 31.7 Å². The molecule has 4 aliphatic carbocycles. The molecule has 11 rings (SSSR count). The number of nitro benzene ring substituents is 1. The number of nitriles is 2. The molecule has 2 aromatic heterocycles. The zero-order valence-corrected chi connectivity index (χ0v) is 44.5. The fraction of sp³-hybridized carbons (Fsp3) is 0.377. The van der Waals surface area contributed by atoms with Gasteiger partial charge in [0, 0.05) is 70.1 Å². The molecule has 7 aromatic rings. The number of carbonyl (C=O) groups excluding carboxylic acids is 2. The largest absolute Gasteiger partial charge is 0.494 e. The van der Waals surface area contributed by atoms with Gasteiger partial charge in [0.1, 0.15) is 35.5 Å². The molecule has 0 aliphatic heterocycles. The molecule has 0 spiro atoms. The molecule has 1 amide bonds.